The first kappa shape index (κ1) is 12.5. The Hall–Kier alpha value is -1.55. The van der Waals surface area contributed by atoms with Crippen LogP contribution in [-0.2, 0) is 9.53 Å². The summed E-state index contributed by atoms with van der Waals surface area (Å²) < 4.78 is 5.43. The number of para-hydroxylation sites is 1. The van der Waals surface area contributed by atoms with Gasteiger partial charge in [0.05, 0.1) is 12.5 Å². The first-order valence-electron chi connectivity index (χ1n) is 7.03. The van der Waals surface area contributed by atoms with Crippen molar-refractivity contribution in [2.24, 2.45) is 5.92 Å². The summed E-state index contributed by atoms with van der Waals surface area (Å²) in [7, 11) is 0. The third-order valence-corrected chi connectivity index (χ3v) is 3.97. The fourth-order valence-corrected chi connectivity index (χ4v) is 2.85. The molecule has 1 fully saturated rings. The van der Waals surface area contributed by atoms with Crippen molar-refractivity contribution in [1.29, 1.82) is 0 Å². The molecule has 0 spiro atoms. The lowest BCUT2D eigenvalue weighted by atomic mass is 9.99. The fraction of sp³-hybridized carbons (Fsp3) is 0.533. The van der Waals surface area contributed by atoms with E-state index in [1.807, 2.05) is 24.3 Å². The first-order chi connectivity index (χ1) is 9.34. The number of carbonyl (C=O) groups excluding carboxylic acids is 1. The molecule has 19 heavy (non-hydrogen) atoms. The third kappa shape index (κ3) is 2.73. The van der Waals surface area contributed by atoms with Crippen molar-refractivity contribution in [3.63, 3.8) is 0 Å². The highest BCUT2D eigenvalue weighted by molar-refractivity contribution is 5.88. The zero-order valence-electron chi connectivity index (χ0n) is 11.0. The molecule has 0 radical (unpaired) electrons. The van der Waals surface area contributed by atoms with Crippen LogP contribution in [0.25, 0.3) is 0 Å². The lowest BCUT2D eigenvalue weighted by Crippen LogP contribution is -2.36. The van der Waals surface area contributed by atoms with E-state index in [1.54, 1.807) is 0 Å². The molecular formula is C15H20N2O2. The number of hydrogen-bond acceptors (Lipinski definition) is 3. The quantitative estimate of drug-likeness (QED) is 0.870. The second-order valence-corrected chi connectivity index (χ2v) is 5.35. The first-order valence-corrected chi connectivity index (χ1v) is 7.03. The summed E-state index contributed by atoms with van der Waals surface area (Å²) in [6.07, 6.45) is 2.26. The van der Waals surface area contributed by atoms with Gasteiger partial charge in [-0.15, -0.1) is 0 Å². The van der Waals surface area contributed by atoms with Gasteiger partial charge in [-0.2, -0.15) is 0 Å². The normalized spacial score (nSPS) is 25.5. The fourth-order valence-electron chi connectivity index (χ4n) is 2.85. The van der Waals surface area contributed by atoms with Gasteiger partial charge in [0.1, 0.15) is 0 Å². The molecule has 0 saturated carbocycles. The molecule has 0 aliphatic carbocycles. The van der Waals surface area contributed by atoms with Crippen LogP contribution in [0.2, 0.25) is 0 Å². The zero-order valence-corrected chi connectivity index (χ0v) is 11.0. The Morgan fingerprint density at radius 2 is 2.32 bits per heavy atom. The number of fused-ring (bicyclic) bond motifs is 1. The standard InChI is InChI=1S/C15H20N2O2/c18-15(17-8-11-4-3-7-19-10-11)13-9-16-14-6-2-1-5-12(13)14/h1-2,5-6,11,13,16H,3-4,7-10H2,(H,17,18). The zero-order chi connectivity index (χ0) is 13.1. The maximum Gasteiger partial charge on any atom is 0.229 e. The van der Waals surface area contributed by atoms with E-state index in [0.29, 0.717) is 12.5 Å². The molecule has 2 N–H and O–H groups in total. The molecule has 2 unspecified atom stereocenters. The molecule has 2 aliphatic rings. The molecule has 1 aromatic carbocycles. The van der Waals surface area contributed by atoms with Crippen molar-refractivity contribution in [1.82, 2.24) is 5.32 Å². The van der Waals surface area contributed by atoms with Crippen LogP contribution < -0.4 is 10.6 Å². The number of nitrogens with one attached hydrogen (secondary N) is 2. The Balaban J connectivity index is 1.56. The van der Waals surface area contributed by atoms with Crippen LogP contribution in [0.15, 0.2) is 24.3 Å². The second kappa shape index (κ2) is 5.61. The van der Waals surface area contributed by atoms with Crippen molar-refractivity contribution >= 4 is 11.6 Å². The maximum atomic E-state index is 12.3. The minimum Gasteiger partial charge on any atom is -0.384 e. The highest BCUT2D eigenvalue weighted by Gasteiger charge is 2.28. The van der Waals surface area contributed by atoms with Gasteiger partial charge in [0, 0.05) is 25.4 Å². The van der Waals surface area contributed by atoms with E-state index < -0.39 is 0 Å². The Morgan fingerprint density at radius 1 is 1.42 bits per heavy atom. The maximum absolute atomic E-state index is 12.3. The van der Waals surface area contributed by atoms with E-state index in [9.17, 15) is 4.79 Å². The predicted molar refractivity (Wildman–Crippen MR) is 74.2 cm³/mol. The van der Waals surface area contributed by atoms with Gasteiger partial charge < -0.3 is 15.4 Å². The Kier molecular flexibility index (Phi) is 3.69. The van der Waals surface area contributed by atoms with Gasteiger partial charge in [0.25, 0.3) is 0 Å². The number of ether oxygens (including phenoxy) is 1. The summed E-state index contributed by atoms with van der Waals surface area (Å²) in [5, 5.41) is 6.36. The molecule has 0 aromatic heterocycles. The molecule has 1 aromatic rings. The minimum atomic E-state index is -0.0549. The topological polar surface area (TPSA) is 50.4 Å². The van der Waals surface area contributed by atoms with Gasteiger partial charge in [-0.1, -0.05) is 18.2 Å². The largest absolute Gasteiger partial charge is 0.384 e. The molecule has 4 heteroatoms. The summed E-state index contributed by atoms with van der Waals surface area (Å²) in [6, 6.07) is 8.04. The van der Waals surface area contributed by atoms with Crippen LogP contribution in [-0.4, -0.2) is 32.2 Å². The van der Waals surface area contributed by atoms with Crippen LogP contribution in [0.4, 0.5) is 5.69 Å². The van der Waals surface area contributed by atoms with Crippen molar-refractivity contribution in [3.05, 3.63) is 29.8 Å². The molecule has 2 heterocycles. The third-order valence-electron chi connectivity index (χ3n) is 3.97. The highest BCUT2D eigenvalue weighted by atomic mass is 16.5. The lowest BCUT2D eigenvalue weighted by Gasteiger charge is -2.23. The van der Waals surface area contributed by atoms with E-state index in [1.165, 1.54) is 0 Å². The molecule has 4 nitrogen and oxygen atoms in total. The molecule has 2 atom stereocenters. The average molecular weight is 260 g/mol. The van der Waals surface area contributed by atoms with Crippen LogP contribution in [0, 0.1) is 5.92 Å². The van der Waals surface area contributed by atoms with E-state index in [-0.39, 0.29) is 11.8 Å². The Bertz CT molecular complexity index is 455. The summed E-state index contributed by atoms with van der Waals surface area (Å²) in [6.45, 7) is 3.08. The molecule has 2 aliphatic heterocycles. The molecule has 1 saturated heterocycles. The SMILES string of the molecule is O=C(NCC1CCCOC1)C1CNc2ccccc21. The summed E-state index contributed by atoms with van der Waals surface area (Å²) in [4.78, 5) is 12.3. The van der Waals surface area contributed by atoms with Crippen molar-refractivity contribution < 1.29 is 9.53 Å². The smallest absolute Gasteiger partial charge is 0.229 e. The highest BCUT2D eigenvalue weighted by Crippen LogP contribution is 2.31. The summed E-state index contributed by atoms with van der Waals surface area (Å²) >= 11 is 0. The monoisotopic (exact) mass is 260 g/mol. The number of benzene rings is 1. The van der Waals surface area contributed by atoms with E-state index in [2.05, 4.69) is 10.6 Å². The van der Waals surface area contributed by atoms with Gasteiger partial charge in [0.2, 0.25) is 5.91 Å². The van der Waals surface area contributed by atoms with Gasteiger partial charge in [0.15, 0.2) is 0 Å². The number of carbonyl (C=O) groups is 1. The van der Waals surface area contributed by atoms with E-state index in [0.717, 1.165) is 43.9 Å². The van der Waals surface area contributed by atoms with Crippen molar-refractivity contribution in [3.8, 4) is 0 Å². The number of hydrogen-bond donors (Lipinski definition) is 2. The second-order valence-electron chi connectivity index (χ2n) is 5.35. The average Bonchev–Trinajstić information content (AvgIpc) is 2.90. The molecule has 102 valence electrons. The number of anilines is 1. The minimum absolute atomic E-state index is 0.0549. The van der Waals surface area contributed by atoms with Gasteiger partial charge in [-0.25, -0.2) is 0 Å². The van der Waals surface area contributed by atoms with Crippen LogP contribution >= 0.6 is 0 Å². The Labute approximate surface area is 113 Å². The summed E-state index contributed by atoms with van der Waals surface area (Å²) in [5.41, 5.74) is 2.20. The number of amides is 1. The molecular weight excluding hydrogens is 240 g/mol. The lowest BCUT2D eigenvalue weighted by molar-refractivity contribution is -0.122. The number of rotatable bonds is 3. The molecule has 0 bridgehead atoms. The van der Waals surface area contributed by atoms with Crippen LogP contribution in [0.3, 0.4) is 0 Å². The predicted octanol–water partition coefficient (Wildman–Crippen LogP) is 1.74. The van der Waals surface area contributed by atoms with Crippen LogP contribution in [0.1, 0.15) is 24.3 Å². The van der Waals surface area contributed by atoms with Crippen LogP contribution in [0.5, 0.6) is 0 Å². The molecule has 1 amide bonds. The van der Waals surface area contributed by atoms with Crippen molar-refractivity contribution in [2.75, 3.05) is 31.6 Å². The van der Waals surface area contributed by atoms with Gasteiger partial charge >= 0.3 is 0 Å². The van der Waals surface area contributed by atoms with E-state index in [4.69, 9.17) is 4.74 Å². The van der Waals surface area contributed by atoms with E-state index >= 15 is 0 Å². The van der Waals surface area contributed by atoms with Crippen molar-refractivity contribution in [2.45, 2.75) is 18.8 Å². The molecule has 3 rings (SSSR count). The van der Waals surface area contributed by atoms with Gasteiger partial charge in [-0.05, 0) is 30.4 Å². The summed E-state index contributed by atoms with van der Waals surface area (Å²) in [5.74, 6) is 0.547. The van der Waals surface area contributed by atoms with Gasteiger partial charge in [-0.3, -0.25) is 4.79 Å². The Morgan fingerprint density at radius 3 is 3.16 bits per heavy atom.